The van der Waals surface area contributed by atoms with Crippen LogP contribution >= 0.6 is 9.24 Å². The number of hydrogen-bond acceptors (Lipinski definition) is 3. The molecule has 15 heavy (non-hydrogen) atoms. The normalized spacial score (nSPS) is 28.4. The zero-order valence-corrected chi connectivity index (χ0v) is 10.7. The Labute approximate surface area is 95.6 Å². The number of nitrogens with zero attached hydrogens (tertiary/aromatic N) is 2. The number of piperidine rings is 2. The molecule has 2 N–H and O–H groups in total. The van der Waals surface area contributed by atoms with E-state index in [0.717, 1.165) is 18.4 Å². The van der Waals surface area contributed by atoms with Crippen molar-refractivity contribution in [2.75, 3.05) is 32.8 Å². The molecule has 2 rings (SSSR count). The molecule has 2 heterocycles. The van der Waals surface area contributed by atoms with Crippen molar-refractivity contribution in [3.8, 4) is 0 Å². The minimum atomic E-state index is 0.737. The van der Waals surface area contributed by atoms with Crippen LogP contribution in [0.2, 0.25) is 0 Å². The summed E-state index contributed by atoms with van der Waals surface area (Å²) in [5.74, 6) is 0. The molecule has 0 amide bonds. The van der Waals surface area contributed by atoms with Gasteiger partial charge < -0.3 is 10.6 Å². The molecule has 0 aromatic rings. The second-order valence-electron chi connectivity index (χ2n) is 4.91. The molecule has 2 fully saturated rings. The Morgan fingerprint density at radius 2 is 1.60 bits per heavy atom. The van der Waals surface area contributed by atoms with Crippen LogP contribution in [0.4, 0.5) is 0 Å². The van der Waals surface area contributed by atoms with Gasteiger partial charge in [0.15, 0.2) is 0 Å². The van der Waals surface area contributed by atoms with E-state index in [1.807, 2.05) is 0 Å². The highest BCUT2D eigenvalue weighted by atomic mass is 31.0. The minimum Gasteiger partial charge on any atom is -0.318 e. The summed E-state index contributed by atoms with van der Waals surface area (Å²) in [6.07, 6.45) is 5.36. The lowest BCUT2D eigenvalue weighted by molar-refractivity contribution is 0.0951. The summed E-state index contributed by atoms with van der Waals surface area (Å²) < 4.78 is 0. The first-order valence-electron chi connectivity index (χ1n) is 6.21. The molecule has 2 aliphatic heterocycles. The monoisotopic (exact) mass is 229 g/mol. The predicted molar refractivity (Wildman–Crippen MR) is 68.0 cm³/mol. The van der Waals surface area contributed by atoms with Gasteiger partial charge in [0, 0.05) is 25.8 Å². The van der Waals surface area contributed by atoms with Crippen LogP contribution in [0, 0.1) is 0 Å². The van der Waals surface area contributed by atoms with E-state index in [1.54, 1.807) is 0 Å². The highest BCUT2D eigenvalue weighted by molar-refractivity contribution is 7.17. The van der Waals surface area contributed by atoms with Crippen LogP contribution in [0.15, 0.2) is 0 Å². The van der Waals surface area contributed by atoms with Crippen molar-refractivity contribution in [3.63, 3.8) is 0 Å². The first-order chi connectivity index (χ1) is 7.29. The molecule has 1 unspecified atom stereocenters. The summed E-state index contributed by atoms with van der Waals surface area (Å²) >= 11 is 0. The maximum atomic E-state index is 5.65. The van der Waals surface area contributed by atoms with Crippen molar-refractivity contribution in [3.05, 3.63) is 0 Å². The van der Waals surface area contributed by atoms with Crippen molar-refractivity contribution in [2.45, 2.75) is 37.4 Å². The van der Waals surface area contributed by atoms with E-state index in [-0.39, 0.29) is 0 Å². The Hall–Kier alpha value is 0.310. The molecule has 1 atom stereocenters. The van der Waals surface area contributed by atoms with Crippen LogP contribution in [-0.2, 0) is 0 Å². The lowest BCUT2D eigenvalue weighted by Crippen LogP contribution is -2.48. The maximum absolute atomic E-state index is 5.65. The van der Waals surface area contributed by atoms with E-state index in [0.29, 0.717) is 0 Å². The van der Waals surface area contributed by atoms with Gasteiger partial charge in [-0.25, -0.2) is 0 Å². The molecule has 0 spiro atoms. The van der Waals surface area contributed by atoms with Crippen molar-refractivity contribution in [1.82, 2.24) is 9.80 Å². The van der Waals surface area contributed by atoms with Crippen molar-refractivity contribution in [2.24, 2.45) is 5.73 Å². The Balaban J connectivity index is 1.75. The quantitative estimate of drug-likeness (QED) is 0.708. The minimum absolute atomic E-state index is 0.737. The van der Waals surface area contributed by atoms with E-state index in [4.69, 9.17) is 5.73 Å². The molecule has 0 saturated carbocycles. The van der Waals surface area contributed by atoms with E-state index >= 15 is 0 Å². The third kappa shape index (κ3) is 3.13. The highest BCUT2D eigenvalue weighted by Crippen LogP contribution is 2.23. The molecular weight excluding hydrogens is 205 g/mol. The largest absolute Gasteiger partial charge is 0.318 e. The smallest absolute Gasteiger partial charge is 0.0455 e. The molecule has 0 aromatic heterocycles. The third-order valence-corrected chi connectivity index (χ3v) is 4.57. The summed E-state index contributed by atoms with van der Waals surface area (Å²) in [6, 6.07) is 0.838. The highest BCUT2D eigenvalue weighted by Gasteiger charge is 2.26. The lowest BCUT2D eigenvalue weighted by atomic mass is 10.00. The predicted octanol–water partition coefficient (Wildman–Crippen LogP) is 0.706. The Kier molecular flexibility index (Phi) is 4.39. The lowest BCUT2D eigenvalue weighted by Gasteiger charge is -2.41. The van der Waals surface area contributed by atoms with E-state index in [2.05, 4.69) is 19.0 Å². The third-order valence-electron chi connectivity index (χ3n) is 3.91. The van der Waals surface area contributed by atoms with Crippen LogP contribution in [0.25, 0.3) is 0 Å². The van der Waals surface area contributed by atoms with Gasteiger partial charge in [0.25, 0.3) is 0 Å². The fourth-order valence-electron chi connectivity index (χ4n) is 2.75. The van der Waals surface area contributed by atoms with E-state index in [1.165, 1.54) is 51.9 Å². The number of nitrogens with two attached hydrogens (primary N) is 1. The standard InChI is InChI=1S/C11H24N3P/c12-9-13-5-1-10(2-6-13)14-7-3-11(15)4-8-14/h10-11H,1-9,12,15H2. The first-order valence-corrected chi connectivity index (χ1v) is 6.88. The number of rotatable bonds is 2. The summed E-state index contributed by atoms with van der Waals surface area (Å²) in [6.45, 7) is 5.74. The summed E-state index contributed by atoms with van der Waals surface area (Å²) in [5, 5.41) is 0. The first kappa shape index (κ1) is 11.8. The second kappa shape index (κ2) is 5.58. The van der Waals surface area contributed by atoms with Gasteiger partial charge in [-0.1, -0.05) is 0 Å². The molecule has 0 radical (unpaired) electrons. The Morgan fingerprint density at radius 1 is 1.00 bits per heavy atom. The van der Waals surface area contributed by atoms with Crippen LogP contribution < -0.4 is 5.73 Å². The molecule has 4 heteroatoms. The van der Waals surface area contributed by atoms with Crippen LogP contribution in [-0.4, -0.2) is 54.3 Å². The van der Waals surface area contributed by atoms with Crippen molar-refractivity contribution in [1.29, 1.82) is 0 Å². The molecule has 88 valence electrons. The Morgan fingerprint density at radius 3 is 2.13 bits per heavy atom. The van der Waals surface area contributed by atoms with Crippen molar-refractivity contribution < 1.29 is 0 Å². The van der Waals surface area contributed by atoms with Gasteiger partial charge in [-0.15, -0.1) is 9.24 Å². The average molecular weight is 229 g/mol. The fraction of sp³-hybridized carbons (Fsp3) is 1.00. The number of likely N-dealkylation sites (tertiary alicyclic amines) is 2. The zero-order valence-electron chi connectivity index (χ0n) is 9.57. The summed E-state index contributed by atoms with van der Waals surface area (Å²) in [5.41, 5.74) is 6.52. The topological polar surface area (TPSA) is 32.5 Å². The molecular formula is C11H24N3P. The molecule has 0 aliphatic carbocycles. The summed E-state index contributed by atoms with van der Waals surface area (Å²) in [7, 11) is 2.97. The zero-order chi connectivity index (χ0) is 10.7. The van der Waals surface area contributed by atoms with Crippen LogP contribution in [0.1, 0.15) is 25.7 Å². The molecule has 3 nitrogen and oxygen atoms in total. The van der Waals surface area contributed by atoms with Crippen LogP contribution in [0.3, 0.4) is 0 Å². The molecule has 0 bridgehead atoms. The van der Waals surface area contributed by atoms with Gasteiger partial charge in [0.2, 0.25) is 0 Å². The van der Waals surface area contributed by atoms with Gasteiger partial charge >= 0.3 is 0 Å². The fourth-order valence-corrected chi connectivity index (χ4v) is 3.05. The van der Waals surface area contributed by atoms with Gasteiger partial charge in [0.1, 0.15) is 0 Å². The van der Waals surface area contributed by atoms with E-state index < -0.39 is 0 Å². The van der Waals surface area contributed by atoms with Crippen molar-refractivity contribution >= 4 is 9.24 Å². The molecule has 0 aromatic carbocycles. The Bertz CT molecular complexity index is 184. The number of hydrogen-bond donors (Lipinski definition) is 1. The van der Waals surface area contributed by atoms with Gasteiger partial charge in [-0.2, -0.15) is 0 Å². The van der Waals surface area contributed by atoms with E-state index in [9.17, 15) is 0 Å². The summed E-state index contributed by atoms with van der Waals surface area (Å²) in [4.78, 5) is 5.06. The molecule has 2 saturated heterocycles. The maximum Gasteiger partial charge on any atom is 0.0455 e. The second-order valence-corrected chi connectivity index (χ2v) is 5.85. The average Bonchev–Trinajstić information content (AvgIpc) is 2.30. The van der Waals surface area contributed by atoms with Gasteiger partial charge in [0.05, 0.1) is 0 Å². The molecule has 2 aliphatic rings. The SMILES string of the molecule is NCN1CCC(N2CCC(P)CC2)CC1. The van der Waals surface area contributed by atoms with Gasteiger partial charge in [-0.05, 0) is 44.4 Å². The van der Waals surface area contributed by atoms with Gasteiger partial charge in [-0.3, -0.25) is 4.90 Å². The van der Waals surface area contributed by atoms with Crippen LogP contribution in [0.5, 0.6) is 0 Å².